The molecular weight excluding hydrogens is 186 g/mol. The van der Waals surface area contributed by atoms with Crippen molar-refractivity contribution in [2.45, 2.75) is 12.6 Å². The standard InChI is InChI=1S/C10H14F2N2/c11-8-5-9(12)7-10(6-8)14-3-1-13-2-4-14/h5-6,9,13H,1-4,7H2. The molecule has 0 radical (unpaired) electrons. The first-order valence-corrected chi connectivity index (χ1v) is 4.93. The van der Waals surface area contributed by atoms with Gasteiger partial charge < -0.3 is 10.2 Å². The van der Waals surface area contributed by atoms with Gasteiger partial charge in [-0.15, -0.1) is 0 Å². The van der Waals surface area contributed by atoms with Gasteiger partial charge in [0.05, 0.1) is 0 Å². The molecule has 1 saturated heterocycles. The normalized spacial score (nSPS) is 28.4. The van der Waals surface area contributed by atoms with Crippen LogP contribution in [0.15, 0.2) is 23.7 Å². The molecule has 1 heterocycles. The van der Waals surface area contributed by atoms with Crippen LogP contribution in [0.5, 0.6) is 0 Å². The van der Waals surface area contributed by atoms with Crippen LogP contribution in [0.3, 0.4) is 0 Å². The second-order valence-corrected chi connectivity index (χ2v) is 3.64. The fraction of sp³-hybridized carbons (Fsp3) is 0.600. The predicted octanol–water partition coefficient (Wildman–Crippen LogP) is 1.37. The number of nitrogens with zero attached hydrogens (tertiary/aromatic N) is 1. The highest BCUT2D eigenvalue weighted by molar-refractivity contribution is 5.25. The minimum atomic E-state index is -1.16. The molecule has 1 aliphatic carbocycles. The van der Waals surface area contributed by atoms with E-state index >= 15 is 0 Å². The van der Waals surface area contributed by atoms with Crippen LogP contribution in [-0.2, 0) is 0 Å². The van der Waals surface area contributed by atoms with Gasteiger partial charge in [0, 0.05) is 38.3 Å². The number of hydrogen-bond donors (Lipinski definition) is 1. The highest BCUT2D eigenvalue weighted by Gasteiger charge is 2.20. The second-order valence-electron chi connectivity index (χ2n) is 3.64. The molecule has 0 aromatic carbocycles. The van der Waals surface area contributed by atoms with Crippen LogP contribution >= 0.6 is 0 Å². The molecule has 2 nitrogen and oxygen atoms in total. The Labute approximate surface area is 82.3 Å². The summed E-state index contributed by atoms with van der Waals surface area (Å²) >= 11 is 0. The lowest BCUT2D eigenvalue weighted by Gasteiger charge is -2.33. The Bertz CT molecular complexity index is 267. The first-order chi connectivity index (χ1) is 6.75. The lowest BCUT2D eigenvalue weighted by Crippen LogP contribution is -2.43. The van der Waals surface area contributed by atoms with Crippen molar-refractivity contribution in [3.8, 4) is 0 Å². The Morgan fingerprint density at radius 2 is 2.07 bits per heavy atom. The Morgan fingerprint density at radius 1 is 1.36 bits per heavy atom. The van der Waals surface area contributed by atoms with Gasteiger partial charge in [-0.05, 0) is 12.2 Å². The first-order valence-electron chi connectivity index (χ1n) is 4.93. The number of nitrogens with one attached hydrogen (secondary N) is 1. The first kappa shape index (κ1) is 9.65. The zero-order valence-corrected chi connectivity index (χ0v) is 7.97. The molecule has 78 valence electrons. The maximum atomic E-state index is 13.0. The molecular formula is C10H14F2N2. The van der Waals surface area contributed by atoms with Crippen molar-refractivity contribution >= 4 is 0 Å². The highest BCUT2D eigenvalue weighted by atomic mass is 19.1. The van der Waals surface area contributed by atoms with Crippen molar-refractivity contribution < 1.29 is 8.78 Å². The summed E-state index contributed by atoms with van der Waals surface area (Å²) in [5.41, 5.74) is 0.791. The molecule has 1 fully saturated rings. The third-order valence-electron chi connectivity index (χ3n) is 2.57. The maximum Gasteiger partial charge on any atom is 0.127 e. The van der Waals surface area contributed by atoms with Crippen LogP contribution in [0.2, 0.25) is 0 Å². The van der Waals surface area contributed by atoms with Crippen molar-refractivity contribution in [2.24, 2.45) is 0 Å². The van der Waals surface area contributed by atoms with Gasteiger partial charge in [0.1, 0.15) is 12.0 Å². The van der Waals surface area contributed by atoms with Crippen LogP contribution in [0.1, 0.15) is 6.42 Å². The Hall–Kier alpha value is -0.900. The van der Waals surface area contributed by atoms with E-state index in [4.69, 9.17) is 0 Å². The van der Waals surface area contributed by atoms with Crippen molar-refractivity contribution in [3.63, 3.8) is 0 Å². The van der Waals surface area contributed by atoms with Crippen molar-refractivity contribution in [1.82, 2.24) is 10.2 Å². The molecule has 2 rings (SSSR count). The second kappa shape index (κ2) is 4.09. The van der Waals surface area contributed by atoms with Gasteiger partial charge in [-0.3, -0.25) is 0 Å². The number of allylic oxidation sites excluding steroid dienone is 4. The van der Waals surface area contributed by atoms with E-state index in [1.807, 2.05) is 0 Å². The summed E-state index contributed by atoms with van der Waals surface area (Å²) in [7, 11) is 0. The van der Waals surface area contributed by atoms with Crippen molar-refractivity contribution in [3.05, 3.63) is 23.7 Å². The molecule has 0 aromatic heterocycles. The van der Waals surface area contributed by atoms with Crippen LogP contribution in [-0.4, -0.2) is 37.3 Å². The van der Waals surface area contributed by atoms with E-state index in [9.17, 15) is 8.78 Å². The summed E-state index contributed by atoms with van der Waals surface area (Å²) < 4.78 is 26.0. The summed E-state index contributed by atoms with van der Waals surface area (Å²) in [5, 5.41) is 3.21. The zero-order valence-electron chi connectivity index (χ0n) is 7.97. The summed E-state index contributed by atoms with van der Waals surface area (Å²) in [6.45, 7) is 3.46. The summed E-state index contributed by atoms with van der Waals surface area (Å²) in [6, 6.07) is 0. The number of alkyl halides is 1. The Balaban J connectivity index is 2.06. The minimum Gasteiger partial charge on any atom is -0.372 e. The Morgan fingerprint density at radius 3 is 2.71 bits per heavy atom. The topological polar surface area (TPSA) is 15.3 Å². The fourth-order valence-electron chi connectivity index (χ4n) is 1.87. The number of rotatable bonds is 1. The molecule has 1 unspecified atom stereocenters. The minimum absolute atomic E-state index is 0.313. The van der Waals surface area contributed by atoms with Crippen molar-refractivity contribution in [2.75, 3.05) is 26.2 Å². The van der Waals surface area contributed by atoms with E-state index in [2.05, 4.69) is 10.2 Å². The molecule has 1 aliphatic heterocycles. The van der Waals surface area contributed by atoms with Gasteiger partial charge >= 0.3 is 0 Å². The Kier molecular flexibility index (Phi) is 2.82. The molecule has 0 saturated carbocycles. The average molecular weight is 200 g/mol. The van der Waals surface area contributed by atoms with E-state index in [1.54, 1.807) is 0 Å². The van der Waals surface area contributed by atoms with Crippen molar-refractivity contribution in [1.29, 1.82) is 0 Å². The van der Waals surface area contributed by atoms with E-state index in [0.29, 0.717) is 6.42 Å². The summed E-state index contributed by atoms with van der Waals surface area (Å²) in [5.74, 6) is -0.447. The van der Waals surface area contributed by atoms with Gasteiger partial charge in [0.25, 0.3) is 0 Å². The van der Waals surface area contributed by atoms with Crippen LogP contribution in [0, 0.1) is 0 Å². The van der Waals surface area contributed by atoms with Gasteiger partial charge in [0.2, 0.25) is 0 Å². The SMILES string of the molecule is FC1=CC(F)CC(N2CCNCC2)=C1. The number of piperazine rings is 1. The molecule has 1 N–H and O–H groups in total. The largest absolute Gasteiger partial charge is 0.372 e. The molecule has 0 bridgehead atoms. The van der Waals surface area contributed by atoms with Gasteiger partial charge in [-0.25, -0.2) is 8.78 Å². The number of halogens is 2. The van der Waals surface area contributed by atoms with Gasteiger partial charge in [-0.2, -0.15) is 0 Å². The third kappa shape index (κ3) is 2.12. The predicted molar refractivity (Wildman–Crippen MR) is 51.2 cm³/mol. The summed E-state index contributed by atoms with van der Waals surface area (Å²) in [6.07, 6.45) is 1.63. The molecule has 1 atom stereocenters. The smallest absolute Gasteiger partial charge is 0.127 e. The molecule has 0 amide bonds. The van der Waals surface area contributed by atoms with Gasteiger partial charge in [0.15, 0.2) is 0 Å². The van der Waals surface area contributed by atoms with E-state index < -0.39 is 12.0 Å². The van der Waals surface area contributed by atoms with E-state index in [0.717, 1.165) is 38.0 Å². The van der Waals surface area contributed by atoms with Crippen LogP contribution < -0.4 is 5.32 Å². The quantitative estimate of drug-likeness (QED) is 0.687. The summed E-state index contributed by atoms with van der Waals surface area (Å²) in [4.78, 5) is 2.05. The molecule has 4 heteroatoms. The van der Waals surface area contributed by atoms with E-state index in [-0.39, 0.29) is 0 Å². The van der Waals surface area contributed by atoms with Crippen LogP contribution in [0.25, 0.3) is 0 Å². The molecule has 2 aliphatic rings. The number of hydrogen-bond acceptors (Lipinski definition) is 2. The molecule has 0 spiro atoms. The molecule has 14 heavy (non-hydrogen) atoms. The van der Waals surface area contributed by atoms with E-state index in [1.165, 1.54) is 6.08 Å². The average Bonchev–Trinajstić information content (AvgIpc) is 2.18. The monoisotopic (exact) mass is 200 g/mol. The van der Waals surface area contributed by atoms with Crippen LogP contribution in [0.4, 0.5) is 8.78 Å². The third-order valence-corrected chi connectivity index (χ3v) is 2.57. The lowest BCUT2D eigenvalue weighted by atomic mass is 10.1. The fourth-order valence-corrected chi connectivity index (χ4v) is 1.87. The maximum absolute atomic E-state index is 13.0. The zero-order chi connectivity index (χ0) is 9.97. The van der Waals surface area contributed by atoms with Gasteiger partial charge in [-0.1, -0.05) is 0 Å². The molecule has 0 aromatic rings. The lowest BCUT2D eigenvalue weighted by molar-refractivity contribution is 0.265. The highest BCUT2D eigenvalue weighted by Crippen LogP contribution is 2.23.